The highest BCUT2D eigenvalue weighted by Crippen LogP contribution is 2.51. The van der Waals surface area contributed by atoms with E-state index in [4.69, 9.17) is 70.8 Å². The fourth-order valence-electron chi connectivity index (χ4n) is 8.49. The van der Waals surface area contributed by atoms with Gasteiger partial charge in [0.2, 0.25) is 11.8 Å². The van der Waals surface area contributed by atoms with E-state index in [-0.39, 0.29) is 72.4 Å². The summed E-state index contributed by atoms with van der Waals surface area (Å²) in [5.41, 5.74) is 9.38. The number of nitrogens with two attached hydrogens (primary N) is 1. The largest absolute Gasteiger partial charge is 0.521 e. The number of nitrogens with one attached hydrogen (secondary N) is 3. The van der Waals surface area contributed by atoms with Crippen molar-refractivity contribution in [2.45, 2.75) is 140 Å². The van der Waals surface area contributed by atoms with Gasteiger partial charge in [0.15, 0.2) is 63.1 Å². The number of carbonyl (C=O) groups excluding carboxylic acids is 2. The fourth-order valence-corrected chi connectivity index (χ4v) is 14.4. The van der Waals surface area contributed by atoms with Crippen molar-refractivity contribution in [2.75, 3.05) is 37.1 Å². The summed E-state index contributed by atoms with van der Waals surface area (Å²) in [7, 11) is -7.27. The molecule has 4 aromatic heterocycles. The molecule has 2 aliphatic rings. The number of rotatable bonds is 24. The van der Waals surface area contributed by atoms with Gasteiger partial charge in [-0.25, -0.2) is 35.0 Å². The number of fused-ring (bicyclic) bond motifs is 2. The maximum atomic E-state index is 13.4. The van der Waals surface area contributed by atoms with Crippen LogP contribution in [0.2, 0.25) is 36.3 Å². The molecule has 2 unspecified atom stereocenters. The van der Waals surface area contributed by atoms with Crippen LogP contribution < -0.4 is 21.5 Å². The average Bonchev–Trinajstić information content (AvgIpc) is 3.32. The van der Waals surface area contributed by atoms with Gasteiger partial charge in [0, 0.05) is 11.1 Å². The fraction of sp³-hybridized carbons (Fsp3) is 0.500. The van der Waals surface area contributed by atoms with Gasteiger partial charge in [-0.3, -0.25) is 18.7 Å². The summed E-state index contributed by atoms with van der Waals surface area (Å²) >= 11 is 12.1. The summed E-state index contributed by atoms with van der Waals surface area (Å²) in [5, 5.41) is 27.7. The van der Waals surface area contributed by atoms with E-state index in [9.17, 15) is 20.1 Å². The van der Waals surface area contributed by atoms with Crippen LogP contribution in [0.4, 0.5) is 11.6 Å². The molecule has 8 rings (SSSR count). The van der Waals surface area contributed by atoms with Crippen molar-refractivity contribution in [3.8, 4) is 12.1 Å². The van der Waals surface area contributed by atoms with E-state index in [0.717, 1.165) is 0 Å². The van der Waals surface area contributed by atoms with Gasteiger partial charge in [0.25, 0.3) is 18.5 Å². The van der Waals surface area contributed by atoms with E-state index < -0.39 is 85.3 Å². The predicted molar refractivity (Wildman–Crippen MR) is 319 cm³/mol. The van der Waals surface area contributed by atoms with Crippen molar-refractivity contribution in [3.63, 3.8) is 0 Å². The Hall–Kier alpha value is -5.34. The van der Waals surface area contributed by atoms with E-state index >= 15 is 0 Å². The Kier molecular flexibility index (Phi) is 20.1. The maximum absolute atomic E-state index is 13.4. The molecule has 10 atom stereocenters. The van der Waals surface area contributed by atoms with Crippen LogP contribution in [-0.2, 0) is 60.0 Å². The number of hydrogen-bond acceptors (Lipinski definition) is 21. The second-order valence-corrected chi connectivity index (χ2v) is 37.2. The lowest BCUT2D eigenvalue weighted by molar-refractivity contribution is -0.0441. The third-order valence-electron chi connectivity index (χ3n) is 15.0. The molecule has 82 heavy (non-hydrogen) atoms. The van der Waals surface area contributed by atoms with Crippen LogP contribution in [-0.4, -0.2) is 130 Å². The molecule has 2 aliphatic heterocycles. The molecule has 6 aromatic rings. The van der Waals surface area contributed by atoms with Crippen LogP contribution in [0.3, 0.4) is 0 Å². The summed E-state index contributed by atoms with van der Waals surface area (Å²) in [6.45, 7) is 17.0. The van der Waals surface area contributed by atoms with E-state index in [1.54, 1.807) is 70.3 Å². The third-order valence-corrected chi connectivity index (χ3v) is 27.9. The summed E-state index contributed by atoms with van der Waals surface area (Å²) in [6.07, 6.45) is 0.481. The lowest BCUT2D eigenvalue weighted by atomic mass is 10.1. The van der Waals surface area contributed by atoms with Crippen molar-refractivity contribution in [3.05, 3.63) is 97.1 Å². The van der Waals surface area contributed by atoms with Gasteiger partial charge in [-0.2, -0.15) is 10.5 Å². The number of amides is 2. The first-order valence-corrected chi connectivity index (χ1v) is 37.1. The third kappa shape index (κ3) is 14.4. The van der Waals surface area contributed by atoms with Gasteiger partial charge in [0.1, 0.15) is 50.3 Å². The Morgan fingerprint density at radius 2 is 1.17 bits per heavy atom. The SMILES string of the molecule is CC(C)(C)[Si](C)(C)O[C@@H]1[C@H](N)[C@@H](COP(=S)(N[C@H]2[C@@H](O[Si](C)(C)C(C)(C)C)[C@H](n3cnc4c(NC(=O)c5ccccc5)ncnc43)O[C@@H]2CO[P+](=S)OCCC#N)OCCC#N)O[C@H]1n1cnc2c(NC(=O)c3ccccc3)ncnc21. The highest BCUT2D eigenvalue weighted by atomic mass is 32.5. The summed E-state index contributed by atoms with van der Waals surface area (Å²) in [5.74, 6) is -0.399. The summed E-state index contributed by atoms with van der Waals surface area (Å²) in [6, 6.07) is 19.9. The van der Waals surface area contributed by atoms with Crippen LogP contribution in [0.1, 0.15) is 87.6 Å². The second-order valence-electron chi connectivity index (χ2n) is 22.6. The number of benzene rings is 2. The number of ether oxygens (including phenoxy) is 2. The number of carbonyl (C=O) groups is 2. The van der Waals surface area contributed by atoms with Crippen molar-refractivity contribution in [1.29, 1.82) is 10.5 Å². The van der Waals surface area contributed by atoms with Crippen molar-refractivity contribution >= 4 is 99.8 Å². The molecule has 2 amide bonds. The molecule has 2 aromatic carbocycles. The molecule has 6 heterocycles. The topological polar surface area (TPSA) is 305 Å². The second kappa shape index (κ2) is 26.3. The molecule has 5 N–H and O–H groups in total. The minimum absolute atomic E-state index is 0.0267. The molecular formula is C52H69N14O10P2S2Si2+. The van der Waals surface area contributed by atoms with E-state index in [2.05, 4.69) is 114 Å². The predicted octanol–water partition coefficient (Wildman–Crippen LogP) is 8.92. The summed E-state index contributed by atoms with van der Waals surface area (Å²) in [4.78, 5) is 54.1. The quantitative estimate of drug-likeness (QED) is 0.0250. The minimum atomic E-state index is -3.79. The first kappa shape index (κ1) is 62.7. The molecule has 0 radical (unpaired) electrons. The lowest BCUT2D eigenvalue weighted by Gasteiger charge is -2.41. The standard InChI is InChI=1S/C52H68N14O10P2S2Si2/c1-51(2,3)81(7,8)75-41-37(55)35(73-49(41)65-31-60-39-43(56-29-58-45(39)65)62-47(67)33-19-13-11-14-20-33)28-72-78(80,71-26-18-24-54)64-38-36(27-70-77(79)69-25-17-23-53)74-50(42(38)76-82(9,10)52(4,5)6)66-32-61-40-44(57-30-59-46(40)66)63-48(68)34-21-15-12-16-22-34/h11-16,19-22,29-32,35-38,41-42,49-50H,17-18,25-28,55H2,1-10H3,(H2-,56,57,58,59,62,63,64,67,68,80)/p+1/t35-,36-,37-,38-,41-,42-,49-,50-,78?/m1/s1. The molecule has 0 bridgehead atoms. The monoisotopic (exact) mass is 1230 g/mol. The Labute approximate surface area is 489 Å². The zero-order valence-electron chi connectivity index (χ0n) is 47.3. The van der Waals surface area contributed by atoms with Crippen molar-refractivity contribution in [2.24, 2.45) is 5.73 Å². The molecule has 2 fully saturated rings. The Balaban J connectivity index is 1.14. The first-order valence-electron chi connectivity index (χ1n) is 26.5. The number of imidazole rings is 2. The maximum Gasteiger partial charge on any atom is 0.521 e. The molecular weight excluding hydrogens is 1160 g/mol. The smallest absolute Gasteiger partial charge is 0.408 e. The van der Waals surface area contributed by atoms with Gasteiger partial charge >= 0.3 is 7.15 Å². The van der Waals surface area contributed by atoms with Gasteiger partial charge in [-0.05, 0) is 72.3 Å². The number of anilines is 2. The van der Waals surface area contributed by atoms with Crippen LogP contribution >= 0.6 is 13.8 Å². The molecule has 24 nitrogen and oxygen atoms in total. The minimum Gasteiger partial charge on any atom is -0.408 e. The highest BCUT2D eigenvalue weighted by molar-refractivity contribution is 8.09. The van der Waals surface area contributed by atoms with Crippen LogP contribution in [0, 0.1) is 22.7 Å². The number of nitrogens with zero attached hydrogens (tertiary/aromatic N) is 10. The average molecular weight is 1230 g/mol. The summed E-state index contributed by atoms with van der Waals surface area (Å²) < 4.78 is 57.0. The molecule has 30 heteroatoms. The van der Waals surface area contributed by atoms with Gasteiger partial charge < -0.3 is 43.7 Å². The van der Waals surface area contributed by atoms with Gasteiger partial charge in [0.05, 0.1) is 62.9 Å². The van der Waals surface area contributed by atoms with Gasteiger partial charge in [-0.15, -0.1) is 9.05 Å². The molecule has 0 spiro atoms. The van der Waals surface area contributed by atoms with E-state index in [0.29, 0.717) is 27.9 Å². The number of nitriles is 2. The Morgan fingerprint density at radius 3 is 1.67 bits per heavy atom. The first-order chi connectivity index (χ1) is 38.8. The number of aromatic nitrogens is 8. The van der Waals surface area contributed by atoms with Crippen LogP contribution in [0.5, 0.6) is 0 Å². The molecule has 436 valence electrons. The van der Waals surface area contributed by atoms with E-state index in [1.165, 1.54) is 12.7 Å². The Bertz CT molecular complexity index is 3380. The molecule has 0 aliphatic carbocycles. The molecule has 2 saturated heterocycles. The zero-order valence-corrected chi connectivity index (χ0v) is 52.7. The van der Waals surface area contributed by atoms with Crippen molar-refractivity contribution in [1.82, 2.24) is 44.1 Å². The van der Waals surface area contributed by atoms with Crippen LogP contribution in [0.15, 0.2) is 86.0 Å². The normalized spacial score (nSPS) is 22.4. The molecule has 0 saturated carbocycles. The van der Waals surface area contributed by atoms with Crippen molar-refractivity contribution < 1.29 is 46.0 Å². The lowest BCUT2D eigenvalue weighted by Crippen LogP contribution is -2.53. The Morgan fingerprint density at radius 1 is 0.695 bits per heavy atom. The zero-order chi connectivity index (χ0) is 59.2. The highest BCUT2D eigenvalue weighted by Gasteiger charge is 2.55. The van der Waals surface area contributed by atoms with E-state index in [1.807, 2.05) is 18.2 Å². The van der Waals surface area contributed by atoms with Crippen LogP contribution in [0.25, 0.3) is 22.3 Å². The number of hydrogen-bond donors (Lipinski definition) is 4. The van der Waals surface area contributed by atoms with Gasteiger partial charge in [-0.1, -0.05) is 77.9 Å².